The zero-order chi connectivity index (χ0) is 23.3. The average molecular weight is 455 g/mol. The number of H-pyrrole nitrogens is 1. The van der Waals surface area contributed by atoms with E-state index >= 15 is 0 Å². The van der Waals surface area contributed by atoms with E-state index in [-0.39, 0.29) is 18.0 Å². The fourth-order valence-electron chi connectivity index (χ4n) is 3.65. The molecule has 0 saturated heterocycles. The Morgan fingerprint density at radius 1 is 1.00 bits per heavy atom. The van der Waals surface area contributed by atoms with E-state index in [1.807, 2.05) is 51.1 Å². The van der Waals surface area contributed by atoms with Crippen molar-refractivity contribution in [1.29, 1.82) is 0 Å². The molecule has 0 spiro atoms. The van der Waals surface area contributed by atoms with Crippen molar-refractivity contribution >= 4 is 16.0 Å². The third-order valence-corrected chi connectivity index (χ3v) is 7.42. The summed E-state index contributed by atoms with van der Waals surface area (Å²) in [4.78, 5) is 15.6. The molecule has 1 heterocycles. The first-order valence-electron chi connectivity index (χ1n) is 10.7. The third kappa shape index (κ3) is 5.29. The van der Waals surface area contributed by atoms with Gasteiger partial charge in [-0.1, -0.05) is 48.0 Å². The Hall–Kier alpha value is -2.90. The van der Waals surface area contributed by atoms with Crippen LogP contribution in [0.3, 0.4) is 0 Å². The van der Waals surface area contributed by atoms with Crippen molar-refractivity contribution in [2.75, 3.05) is 13.2 Å². The predicted molar refractivity (Wildman–Crippen MR) is 125 cm³/mol. The Kier molecular flexibility index (Phi) is 7.53. The van der Waals surface area contributed by atoms with Gasteiger partial charge in [-0.2, -0.15) is 4.31 Å². The molecule has 3 rings (SSSR count). The number of nitrogens with zero attached hydrogens (tertiary/aromatic N) is 1. The number of rotatable bonds is 9. The Balaban J connectivity index is 1.96. The zero-order valence-electron chi connectivity index (χ0n) is 19.0. The number of aromatic amines is 1. The van der Waals surface area contributed by atoms with Crippen LogP contribution in [0.25, 0.3) is 0 Å². The van der Waals surface area contributed by atoms with E-state index in [0.717, 1.165) is 22.4 Å². The van der Waals surface area contributed by atoms with Crippen molar-refractivity contribution in [3.63, 3.8) is 0 Å². The molecule has 0 unspecified atom stereocenters. The Morgan fingerprint density at radius 3 is 2.28 bits per heavy atom. The first-order chi connectivity index (χ1) is 15.2. The maximum Gasteiger partial charge on any atom is 0.355 e. The van der Waals surface area contributed by atoms with Gasteiger partial charge in [-0.3, -0.25) is 0 Å². The molecule has 1 N–H and O–H groups in total. The highest BCUT2D eigenvalue weighted by Gasteiger charge is 2.27. The van der Waals surface area contributed by atoms with Crippen LogP contribution in [0.5, 0.6) is 0 Å². The number of sulfonamides is 1. The van der Waals surface area contributed by atoms with E-state index in [9.17, 15) is 13.2 Å². The average Bonchev–Trinajstić information content (AvgIpc) is 3.05. The van der Waals surface area contributed by atoms with Crippen molar-refractivity contribution in [3.8, 4) is 0 Å². The minimum absolute atomic E-state index is 0.163. The number of carbonyl (C=O) groups excluding carboxylic acids is 1. The van der Waals surface area contributed by atoms with Crippen molar-refractivity contribution < 1.29 is 17.9 Å². The Morgan fingerprint density at radius 2 is 1.66 bits per heavy atom. The highest BCUT2D eigenvalue weighted by molar-refractivity contribution is 7.89. The van der Waals surface area contributed by atoms with Gasteiger partial charge < -0.3 is 9.72 Å². The second-order valence-corrected chi connectivity index (χ2v) is 9.77. The van der Waals surface area contributed by atoms with Crippen LogP contribution in [0.2, 0.25) is 0 Å². The number of benzene rings is 2. The largest absolute Gasteiger partial charge is 0.461 e. The van der Waals surface area contributed by atoms with E-state index in [1.165, 1.54) is 4.31 Å². The second-order valence-electron chi connectivity index (χ2n) is 7.84. The Bertz CT molecular complexity index is 1170. The molecule has 1 aromatic heterocycles. The molecule has 0 aliphatic heterocycles. The summed E-state index contributed by atoms with van der Waals surface area (Å²) in [6, 6.07) is 16.7. The lowest BCUT2D eigenvalue weighted by atomic mass is 10.1. The molecule has 2 aromatic carbocycles. The summed E-state index contributed by atoms with van der Waals surface area (Å²) in [6.07, 6.45) is 0.583. The maximum absolute atomic E-state index is 13.6. The molecule has 0 bridgehead atoms. The van der Waals surface area contributed by atoms with Crippen molar-refractivity contribution in [3.05, 3.63) is 88.2 Å². The normalized spacial score (nSPS) is 11.7. The summed E-state index contributed by atoms with van der Waals surface area (Å²) in [7, 11) is -3.74. The van der Waals surface area contributed by atoms with Gasteiger partial charge >= 0.3 is 5.97 Å². The van der Waals surface area contributed by atoms with Gasteiger partial charge in [-0.05, 0) is 62.9 Å². The van der Waals surface area contributed by atoms with Crippen LogP contribution in [0.4, 0.5) is 0 Å². The highest BCUT2D eigenvalue weighted by Crippen LogP contribution is 2.25. The Labute approximate surface area is 190 Å². The van der Waals surface area contributed by atoms with Crippen LogP contribution >= 0.6 is 0 Å². The van der Waals surface area contributed by atoms with Gasteiger partial charge in [-0.15, -0.1) is 0 Å². The summed E-state index contributed by atoms with van der Waals surface area (Å²) in [5, 5.41) is 0. The number of ether oxygens (including phenoxy) is 1. The molecule has 0 aliphatic rings. The van der Waals surface area contributed by atoms with E-state index in [1.54, 1.807) is 31.2 Å². The molecular formula is C25H30N2O4S. The molecule has 0 fully saturated rings. The predicted octanol–water partition coefficient (Wildman–Crippen LogP) is 4.55. The smallest absolute Gasteiger partial charge is 0.355 e. The molecule has 7 heteroatoms. The molecule has 0 saturated carbocycles. The fourth-order valence-corrected chi connectivity index (χ4v) is 5.06. The molecule has 32 heavy (non-hydrogen) atoms. The van der Waals surface area contributed by atoms with Crippen molar-refractivity contribution in [1.82, 2.24) is 9.29 Å². The molecule has 0 radical (unpaired) electrons. The number of carbonyl (C=O) groups is 1. The summed E-state index contributed by atoms with van der Waals surface area (Å²) >= 11 is 0. The summed E-state index contributed by atoms with van der Waals surface area (Å²) in [5.41, 5.74) is 4.69. The van der Waals surface area contributed by atoms with Crippen LogP contribution in [-0.2, 0) is 27.7 Å². The van der Waals surface area contributed by atoms with E-state index in [0.29, 0.717) is 24.2 Å². The summed E-state index contributed by atoms with van der Waals surface area (Å²) < 4.78 is 33.7. The minimum atomic E-state index is -3.74. The van der Waals surface area contributed by atoms with Gasteiger partial charge in [0.2, 0.25) is 10.0 Å². The highest BCUT2D eigenvalue weighted by atomic mass is 32.2. The summed E-state index contributed by atoms with van der Waals surface area (Å²) in [6.45, 7) is 8.10. The van der Waals surface area contributed by atoms with Crippen molar-refractivity contribution in [2.45, 2.75) is 45.6 Å². The lowest BCUT2D eigenvalue weighted by Gasteiger charge is -2.23. The van der Waals surface area contributed by atoms with E-state index in [4.69, 9.17) is 4.74 Å². The molecule has 3 aromatic rings. The topological polar surface area (TPSA) is 79.5 Å². The number of hydrogen-bond donors (Lipinski definition) is 1. The van der Waals surface area contributed by atoms with Crippen molar-refractivity contribution in [2.24, 2.45) is 0 Å². The first kappa shape index (κ1) is 23.8. The lowest BCUT2D eigenvalue weighted by Crippen LogP contribution is -2.33. The molecule has 0 atom stereocenters. The molecule has 6 nitrogen and oxygen atoms in total. The fraction of sp³-hybridized carbons (Fsp3) is 0.320. The van der Waals surface area contributed by atoms with Gasteiger partial charge in [0.1, 0.15) is 5.69 Å². The standard InChI is InChI=1S/C25H30N2O4S/c1-5-31-25(28)24-19(3)23(20(4)26-24)17-27(16-15-21-9-7-6-8-10-21)32(29,30)22-13-11-18(2)12-14-22/h6-14,26H,5,15-17H2,1-4H3. The number of hydrogen-bond acceptors (Lipinski definition) is 4. The maximum atomic E-state index is 13.6. The molecule has 0 aliphatic carbocycles. The van der Waals surface area contributed by atoms with Gasteiger partial charge in [0, 0.05) is 18.8 Å². The van der Waals surface area contributed by atoms with E-state index in [2.05, 4.69) is 4.98 Å². The number of aryl methyl sites for hydroxylation is 2. The van der Waals surface area contributed by atoms with Gasteiger partial charge in [0.15, 0.2) is 0 Å². The monoisotopic (exact) mass is 454 g/mol. The SMILES string of the molecule is CCOC(=O)c1[nH]c(C)c(CN(CCc2ccccc2)S(=O)(=O)c2ccc(C)cc2)c1C. The summed E-state index contributed by atoms with van der Waals surface area (Å²) in [5.74, 6) is -0.434. The lowest BCUT2D eigenvalue weighted by molar-refractivity contribution is 0.0519. The number of esters is 1. The van der Waals surface area contributed by atoms with Gasteiger partial charge in [0.25, 0.3) is 0 Å². The minimum Gasteiger partial charge on any atom is -0.461 e. The second kappa shape index (κ2) is 10.1. The van der Waals surface area contributed by atoms with Crippen LogP contribution in [0.15, 0.2) is 59.5 Å². The third-order valence-electron chi connectivity index (χ3n) is 5.56. The number of nitrogens with one attached hydrogen (secondary N) is 1. The van der Waals surface area contributed by atoms with E-state index < -0.39 is 16.0 Å². The molecular weight excluding hydrogens is 424 g/mol. The van der Waals surface area contributed by atoms with Gasteiger partial charge in [0.05, 0.1) is 11.5 Å². The van der Waals surface area contributed by atoms with Crippen LogP contribution < -0.4 is 0 Å². The zero-order valence-corrected chi connectivity index (χ0v) is 19.8. The quantitative estimate of drug-likeness (QED) is 0.481. The van der Waals surface area contributed by atoms with Crippen LogP contribution in [0.1, 0.15) is 45.4 Å². The van der Waals surface area contributed by atoms with Crippen LogP contribution in [0, 0.1) is 20.8 Å². The van der Waals surface area contributed by atoms with Crippen LogP contribution in [-0.4, -0.2) is 36.8 Å². The number of aromatic nitrogens is 1. The molecule has 0 amide bonds. The molecule has 170 valence electrons. The van der Waals surface area contributed by atoms with Gasteiger partial charge in [-0.25, -0.2) is 13.2 Å². The first-order valence-corrected chi connectivity index (χ1v) is 12.1.